The summed E-state index contributed by atoms with van der Waals surface area (Å²) in [5.41, 5.74) is 12.7. The Bertz CT molecular complexity index is 2170. The third kappa shape index (κ3) is 4.81. The molecule has 0 amide bonds. The van der Waals surface area contributed by atoms with Crippen LogP contribution in [0.25, 0.3) is 67.5 Å². The summed E-state index contributed by atoms with van der Waals surface area (Å²) >= 11 is 0. The topological polar surface area (TPSA) is 51.6 Å². The molecule has 4 nitrogen and oxygen atoms in total. The van der Waals surface area contributed by atoms with Crippen LogP contribution >= 0.6 is 0 Å². The third-order valence-electron chi connectivity index (χ3n) is 8.84. The second kappa shape index (κ2) is 10.8. The largest absolute Gasteiger partial charge is 0.264 e. The molecule has 0 bridgehead atoms. The summed E-state index contributed by atoms with van der Waals surface area (Å²) in [5.74, 6) is 1.85. The minimum atomic E-state index is -0.0380. The van der Waals surface area contributed by atoms with E-state index in [0.29, 0.717) is 17.5 Å². The first kappa shape index (κ1) is 26.9. The zero-order chi connectivity index (χ0) is 30.4. The molecule has 0 saturated carbocycles. The molecule has 2 aromatic heterocycles. The Balaban J connectivity index is 1.18. The second-order valence-electron chi connectivity index (χ2n) is 12.0. The molecule has 1 aliphatic rings. The van der Waals surface area contributed by atoms with Gasteiger partial charge in [0.2, 0.25) is 0 Å². The third-order valence-corrected chi connectivity index (χ3v) is 8.84. The maximum atomic E-state index is 4.98. The van der Waals surface area contributed by atoms with Gasteiger partial charge in [-0.3, -0.25) is 4.98 Å². The van der Waals surface area contributed by atoms with Gasteiger partial charge in [0.15, 0.2) is 17.5 Å². The van der Waals surface area contributed by atoms with E-state index in [1.54, 1.807) is 12.4 Å². The standard InChI is InChI=1S/C41H30N4/c1-41(2)36-16-7-6-15-34(36)35-22-21-31(25-37(35)41)28-17-19-29(20-18-28)38-43-39(45-40(44-38)33-14-9-23-42-26-33)32-13-8-12-30(24-32)27-10-4-3-5-11-27/h3-26H,1-2H3. The van der Waals surface area contributed by atoms with Crippen molar-refractivity contribution in [2.45, 2.75) is 19.3 Å². The highest BCUT2D eigenvalue weighted by molar-refractivity contribution is 5.84. The lowest BCUT2D eigenvalue weighted by molar-refractivity contribution is 0.660. The minimum Gasteiger partial charge on any atom is -0.264 e. The number of hydrogen-bond acceptors (Lipinski definition) is 4. The van der Waals surface area contributed by atoms with Gasteiger partial charge in [-0.25, -0.2) is 15.0 Å². The Hall–Kier alpha value is -5.74. The summed E-state index contributed by atoms with van der Waals surface area (Å²) in [6.07, 6.45) is 3.55. The molecule has 8 rings (SSSR count). The number of fused-ring (bicyclic) bond motifs is 3. The molecule has 4 heteroatoms. The molecule has 0 fully saturated rings. The summed E-state index contributed by atoms with van der Waals surface area (Å²) < 4.78 is 0. The van der Waals surface area contributed by atoms with E-state index in [1.165, 1.54) is 27.8 Å². The van der Waals surface area contributed by atoms with Crippen molar-refractivity contribution in [1.29, 1.82) is 0 Å². The van der Waals surface area contributed by atoms with E-state index in [-0.39, 0.29) is 5.41 Å². The molecule has 5 aromatic carbocycles. The van der Waals surface area contributed by atoms with E-state index < -0.39 is 0 Å². The van der Waals surface area contributed by atoms with Gasteiger partial charge >= 0.3 is 0 Å². The zero-order valence-corrected chi connectivity index (χ0v) is 25.1. The number of rotatable bonds is 5. The first-order valence-electron chi connectivity index (χ1n) is 15.2. The first-order valence-corrected chi connectivity index (χ1v) is 15.2. The Morgan fingerprint density at radius 2 is 0.956 bits per heavy atom. The minimum absolute atomic E-state index is 0.0380. The van der Waals surface area contributed by atoms with Crippen molar-refractivity contribution in [3.8, 4) is 67.5 Å². The van der Waals surface area contributed by atoms with Crippen LogP contribution in [0, 0.1) is 0 Å². The van der Waals surface area contributed by atoms with Gasteiger partial charge in [0.05, 0.1) is 0 Å². The summed E-state index contributed by atoms with van der Waals surface area (Å²) in [6.45, 7) is 4.64. The number of aromatic nitrogens is 4. The molecule has 45 heavy (non-hydrogen) atoms. The van der Waals surface area contributed by atoms with E-state index in [4.69, 9.17) is 15.0 Å². The molecule has 0 atom stereocenters. The highest BCUT2D eigenvalue weighted by atomic mass is 15.0. The van der Waals surface area contributed by atoms with Crippen molar-refractivity contribution in [2.75, 3.05) is 0 Å². The van der Waals surface area contributed by atoms with Crippen LogP contribution in [0.3, 0.4) is 0 Å². The Kier molecular flexibility index (Phi) is 6.42. The van der Waals surface area contributed by atoms with Gasteiger partial charge in [-0.1, -0.05) is 123 Å². The Labute approximate surface area is 263 Å². The van der Waals surface area contributed by atoms with Crippen LogP contribution in [0.4, 0.5) is 0 Å². The van der Waals surface area contributed by atoms with E-state index in [9.17, 15) is 0 Å². The van der Waals surface area contributed by atoms with Gasteiger partial charge in [-0.15, -0.1) is 0 Å². The molecule has 214 valence electrons. The van der Waals surface area contributed by atoms with Crippen LogP contribution < -0.4 is 0 Å². The van der Waals surface area contributed by atoms with E-state index in [2.05, 4.69) is 134 Å². The smallest absolute Gasteiger partial charge is 0.165 e. The fourth-order valence-corrected chi connectivity index (χ4v) is 6.42. The number of nitrogens with zero attached hydrogens (tertiary/aromatic N) is 4. The second-order valence-corrected chi connectivity index (χ2v) is 12.0. The van der Waals surface area contributed by atoms with Crippen LogP contribution in [0.15, 0.2) is 146 Å². The average molecular weight is 579 g/mol. The average Bonchev–Trinajstić information content (AvgIpc) is 3.34. The predicted octanol–water partition coefficient (Wildman–Crippen LogP) is 9.91. The van der Waals surface area contributed by atoms with Crippen molar-refractivity contribution in [1.82, 2.24) is 19.9 Å². The lowest BCUT2D eigenvalue weighted by Gasteiger charge is -2.22. The maximum absolute atomic E-state index is 4.98. The number of benzene rings is 5. The van der Waals surface area contributed by atoms with Gasteiger partial charge in [-0.05, 0) is 68.8 Å². The molecule has 0 unspecified atom stereocenters. The highest BCUT2D eigenvalue weighted by Gasteiger charge is 2.35. The van der Waals surface area contributed by atoms with E-state index in [1.807, 2.05) is 18.2 Å². The van der Waals surface area contributed by atoms with Crippen molar-refractivity contribution in [3.05, 3.63) is 157 Å². The van der Waals surface area contributed by atoms with Gasteiger partial charge in [0.1, 0.15) is 0 Å². The molecule has 2 heterocycles. The summed E-state index contributed by atoms with van der Waals surface area (Å²) in [5, 5.41) is 0. The molecule has 0 N–H and O–H groups in total. The summed E-state index contributed by atoms with van der Waals surface area (Å²) in [7, 11) is 0. The number of pyridine rings is 1. The SMILES string of the molecule is CC1(C)c2ccccc2-c2ccc(-c3ccc(-c4nc(-c5cccnc5)nc(-c5cccc(-c6ccccc6)c5)n4)cc3)cc21. The van der Waals surface area contributed by atoms with Crippen molar-refractivity contribution >= 4 is 0 Å². The molecule has 0 saturated heterocycles. The fraction of sp³-hybridized carbons (Fsp3) is 0.0732. The quantitative estimate of drug-likeness (QED) is 0.204. The molecule has 0 spiro atoms. The zero-order valence-electron chi connectivity index (χ0n) is 25.1. The van der Waals surface area contributed by atoms with Gasteiger partial charge in [0.25, 0.3) is 0 Å². The Morgan fingerprint density at radius 3 is 1.73 bits per heavy atom. The molecule has 1 aliphatic carbocycles. The van der Waals surface area contributed by atoms with E-state index >= 15 is 0 Å². The summed E-state index contributed by atoms with van der Waals surface area (Å²) in [6, 6.07) is 46.7. The molecule has 0 aliphatic heterocycles. The fourth-order valence-electron chi connectivity index (χ4n) is 6.42. The lowest BCUT2D eigenvalue weighted by Crippen LogP contribution is -2.14. The van der Waals surface area contributed by atoms with Crippen LogP contribution in [0.1, 0.15) is 25.0 Å². The molecular formula is C41H30N4. The van der Waals surface area contributed by atoms with E-state index in [0.717, 1.165) is 33.4 Å². The van der Waals surface area contributed by atoms with Crippen LogP contribution in [0.2, 0.25) is 0 Å². The van der Waals surface area contributed by atoms with Crippen molar-refractivity contribution in [3.63, 3.8) is 0 Å². The van der Waals surface area contributed by atoms with Gasteiger partial charge < -0.3 is 0 Å². The molecule has 7 aromatic rings. The van der Waals surface area contributed by atoms with Crippen LogP contribution in [-0.4, -0.2) is 19.9 Å². The van der Waals surface area contributed by atoms with Crippen molar-refractivity contribution < 1.29 is 0 Å². The Morgan fingerprint density at radius 1 is 0.400 bits per heavy atom. The monoisotopic (exact) mass is 578 g/mol. The maximum Gasteiger partial charge on any atom is 0.165 e. The molecular weight excluding hydrogens is 548 g/mol. The lowest BCUT2D eigenvalue weighted by atomic mass is 9.81. The highest BCUT2D eigenvalue weighted by Crippen LogP contribution is 2.49. The predicted molar refractivity (Wildman–Crippen MR) is 182 cm³/mol. The summed E-state index contributed by atoms with van der Waals surface area (Å²) in [4.78, 5) is 19.1. The first-order chi connectivity index (χ1) is 22.0. The van der Waals surface area contributed by atoms with Crippen LogP contribution in [0.5, 0.6) is 0 Å². The normalized spacial score (nSPS) is 12.8. The van der Waals surface area contributed by atoms with Gasteiger partial charge in [-0.2, -0.15) is 0 Å². The number of hydrogen-bond donors (Lipinski definition) is 0. The van der Waals surface area contributed by atoms with Crippen LogP contribution in [-0.2, 0) is 5.41 Å². The van der Waals surface area contributed by atoms with Crippen molar-refractivity contribution in [2.24, 2.45) is 0 Å². The molecule has 0 radical (unpaired) electrons. The van der Waals surface area contributed by atoms with Gasteiger partial charge in [0, 0.05) is 34.5 Å².